The number of fused-ring (bicyclic) bond motifs is 1. The molecule has 1 aromatic rings. The zero-order valence-electron chi connectivity index (χ0n) is 10.6. The number of methoxy groups -OCH3 is 1. The summed E-state index contributed by atoms with van der Waals surface area (Å²) >= 11 is 5.94. The summed E-state index contributed by atoms with van der Waals surface area (Å²) in [6.07, 6.45) is -0.768. The average molecular weight is 305 g/mol. The summed E-state index contributed by atoms with van der Waals surface area (Å²) in [5.74, 6) is -4.43. The topological polar surface area (TPSA) is 55.8 Å². The molecule has 1 aliphatic heterocycles. The molecule has 0 aliphatic carbocycles. The number of alkyl halides is 2. The molecule has 1 heterocycles. The van der Waals surface area contributed by atoms with Crippen LogP contribution in [-0.4, -0.2) is 30.2 Å². The summed E-state index contributed by atoms with van der Waals surface area (Å²) < 4.78 is 37.1. The summed E-state index contributed by atoms with van der Waals surface area (Å²) in [7, 11) is 1.41. The SMILES string of the molecule is COc1cc(Cl)c2c(c1)C=C(C(=O)O)C(C(C)(F)F)O2. The van der Waals surface area contributed by atoms with Gasteiger partial charge in [0.05, 0.1) is 17.7 Å². The second-order valence-electron chi connectivity index (χ2n) is 4.39. The van der Waals surface area contributed by atoms with Crippen molar-refractivity contribution >= 4 is 23.6 Å². The lowest BCUT2D eigenvalue weighted by Gasteiger charge is -2.30. The minimum absolute atomic E-state index is 0.0176. The first-order chi connectivity index (χ1) is 9.24. The van der Waals surface area contributed by atoms with Gasteiger partial charge < -0.3 is 14.6 Å². The number of ether oxygens (including phenoxy) is 2. The number of benzene rings is 1. The Morgan fingerprint density at radius 1 is 1.50 bits per heavy atom. The predicted octanol–water partition coefficient (Wildman–Crippen LogP) is 3.23. The number of carboxylic acid groups (broad SMARTS) is 1. The molecule has 1 atom stereocenters. The lowest BCUT2D eigenvalue weighted by molar-refractivity contribution is -0.137. The molecule has 0 bridgehead atoms. The van der Waals surface area contributed by atoms with Gasteiger partial charge in [-0.3, -0.25) is 0 Å². The number of hydrogen-bond acceptors (Lipinski definition) is 3. The molecule has 7 heteroatoms. The van der Waals surface area contributed by atoms with Crippen LogP contribution in [0.15, 0.2) is 17.7 Å². The highest BCUT2D eigenvalue weighted by molar-refractivity contribution is 6.32. The smallest absolute Gasteiger partial charge is 0.335 e. The summed E-state index contributed by atoms with van der Waals surface area (Å²) in [6, 6.07) is 2.87. The molecule has 1 aliphatic rings. The zero-order valence-corrected chi connectivity index (χ0v) is 11.4. The van der Waals surface area contributed by atoms with Crippen LogP contribution in [0.25, 0.3) is 6.08 Å². The highest BCUT2D eigenvalue weighted by Crippen LogP contribution is 2.42. The highest BCUT2D eigenvalue weighted by atomic mass is 35.5. The molecule has 0 saturated heterocycles. The molecule has 0 aromatic heterocycles. The van der Waals surface area contributed by atoms with Gasteiger partial charge in [-0.15, -0.1) is 0 Å². The Morgan fingerprint density at radius 3 is 2.65 bits per heavy atom. The highest BCUT2D eigenvalue weighted by Gasteiger charge is 2.44. The van der Waals surface area contributed by atoms with E-state index in [1.165, 1.54) is 19.2 Å². The third kappa shape index (κ3) is 2.56. The average Bonchev–Trinajstić information content (AvgIpc) is 2.35. The van der Waals surface area contributed by atoms with E-state index in [2.05, 4.69) is 0 Å². The normalized spacial score (nSPS) is 17.9. The molecule has 2 rings (SSSR count). The number of hydrogen-bond donors (Lipinski definition) is 1. The minimum atomic E-state index is -3.36. The molecule has 20 heavy (non-hydrogen) atoms. The molecule has 0 radical (unpaired) electrons. The van der Waals surface area contributed by atoms with E-state index in [0.29, 0.717) is 12.7 Å². The first kappa shape index (κ1) is 14.6. The maximum atomic E-state index is 13.5. The van der Waals surface area contributed by atoms with Crippen LogP contribution in [0, 0.1) is 0 Å². The molecular weight excluding hydrogens is 294 g/mol. The molecule has 4 nitrogen and oxygen atoms in total. The second-order valence-corrected chi connectivity index (χ2v) is 4.79. The number of carboxylic acids is 1. The van der Waals surface area contributed by atoms with E-state index in [1.54, 1.807) is 0 Å². The van der Waals surface area contributed by atoms with E-state index < -0.39 is 23.6 Å². The first-order valence-electron chi connectivity index (χ1n) is 5.61. The monoisotopic (exact) mass is 304 g/mol. The van der Waals surface area contributed by atoms with Crippen molar-refractivity contribution in [2.75, 3.05) is 7.11 Å². The third-order valence-corrected chi connectivity index (χ3v) is 3.10. The second kappa shape index (κ2) is 4.94. The summed E-state index contributed by atoms with van der Waals surface area (Å²) in [6.45, 7) is 0.594. The zero-order chi connectivity index (χ0) is 15.1. The molecule has 1 aromatic carbocycles. The van der Waals surface area contributed by atoms with Gasteiger partial charge in [0.1, 0.15) is 11.5 Å². The van der Waals surface area contributed by atoms with Crippen LogP contribution in [-0.2, 0) is 4.79 Å². The van der Waals surface area contributed by atoms with Gasteiger partial charge in [-0.25, -0.2) is 13.6 Å². The number of carbonyl (C=O) groups is 1. The van der Waals surface area contributed by atoms with Crippen molar-refractivity contribution < 1.29 is 28.2 Å². The lowest BCUT2D eigenvalue weighted by atomic mass is 9.98. The van der Waals surface area contributed by atoms with Crippen LogP contribution in [0.3, 0.4) is 0 Å². The van der Waals surface area contributed by atoms with Gasteiger partial charge in [0.2, 0.25) is 0 Å². The van der Waals surface area contributed by atoms with Gasteiger partial charge in [-0.05, 0) is 12.1 Å². The standard InChI is InChI=1S/C13H11ClF2O4/c1-13(15,16)11-8(12(17)18)4-6-3-7(19-2)5-9(14)10(6)20-11/h3-5,11H,1-2H3,(H,17,18). The fourth-order valence-electron chi connectivity index (χ4n) is 1.91. The third-order valence-electron chi connectivity index (χ3n) is 2.82. The summed E-state index contributed by atoms with van der Waals surface area (Å²) in [5, 5.41) is 9.13. The lowest BCUT2D eigenvalue weighted by Crippen LogP contribution is -2.41. The van der Waals surface area contributed by atoms with Gasteiger partial charge in [-0.1, -0.05) is 11.6 Å². The molecule has 0 saturated carbocycles. The van der Waals surface area contributed by atoms with Gasteiger partial charge in [-0.2, -0.15) is 0 Å². The number of halogens is 3. The van der Waals surface area contributed by atoms with Gasteiger partial charge in [0.15, 0.2) is 6.10 Å². The molecule has 0 fully saturated rings. The molecule has 1 N–H and O–H groups in total. The predicted molar refractivity (Wildman–Crippen MR) is 68.7 cm³/mol. The van der Waals surface area contributed by atoms with E-state index in [-0.39, 0.29) is 16.3 Å². The van der Waals surface area contributed by atoms with Crippen LogP contribution >= 0.6 is 11.6 Å². The van der Waals surface area contributed by atoms with E-state index in [1.807, 2.05) is 0 Å². The summed E-state index contributed by atoms with van der Waals surface area (Å²) in [4.78, 5) is 11.1. The van der Waals surface area contributed by atoms with Crippen molar-refractivity contribution in [3.63, 3.8) is 0 Å². The fourth-order valence-corrected chi connectivity index (χ4v) is 2.17. The van der Waals surface area contributed by atoms with E-state index in [0.717, 1.165) is 6.08 Å². The molecular formula is C13H11ClF2O4. The minimum Gasteiger partial charge on any atom is -0.497 e. The molecule has 108 valence electrons. The van der Waals surface area contributed by atoms with Crippen molar-refractivity contribution in [2.45, 2.75) is 19.0 Å². The Balaban J connectivity index is 2.60. The molecule has 0 amide bonds. The Labute approximate surface area is 118 Å². The van der Waals surface area contributed by atoms with Gasteiger partial charge in [0, 0.05) is 18.6 Å². The van der Waals surface area contributed by atoms with Crippen molar-refractivity contribution in [1.82, 2.24) is 0 Å². The molecule has 0 spiro atoms. The van der Waals surface area contributed by atoms with Crippen LogP contribution < -0.4 is 9.47 Å². The first-order valence-corrected chi connectivity index (χ1v) is 5.98. The number of rotatable bonds is 3. The van der Waals surface area contributed by atoms with E-state index >= 15 is 0 Å². The van der Waals surface area contributed by atoms with E-state index in [9.17, 15) is 13.6 Å². The Bertz CT molecular complexity index is 593. The maximum Gasteiger partial charge on any atom is 0.335 e. The van der Waals surface area contributed by atoms with Gasteiger partial charge >= 0.3 is 5.97 Å². The summed E-state index contributed by atoms with van der Waals surface area (Å²) in [5.41, 5.74) is -0.249. The van der Waals surface area contributed by atoms with Crippen LogP contribution in [0.2, 0.25) is 5.02 Å². The Morgan fingerprint density at radius 2 is 2.15 bits per heavy atom. The van der Waals surface area contributed by atoms with Crippen molar-refractivity contribution in [3.8, 4) is 11.5 Å². The Kier molecular flexibility index (Phi) is 3.60. The molecule has 1 unspecified atom stereocenters. The maximum absolute atomic E-state index is 13.5. The van der Waals surface area contributed by atoms with Crippen LogP contribution in [0.1, 0.15) is 12.5 Å². The van der Waals surface area contributed by atoms with Crippen molar-refractivity contribution in [1.29, 1.82) is 0 Å². The number of aliphatic carboxylic acids is 1. The van der Waals surface area contributed by atoms with Gasteiger partial charge in [0.25, 0.3) is 5.92 Å². The quantitative estimate of drug-likeness (QED) is 0.931. The fraction of sp³-hybridized carbons (Fsp3) is 0.308. The van der Waals surface area contributed by atoms with Crippen LogP contribution in [0.4, 0.5) is 8.78 Å². The van der Waals surface area contributed by atoms with Crippen LogP contribution in [0.5, 0.6) is 11.5 Å². The van der Waals surface area contributed by atoms with Crippen molar-refractivity contribution in [3.05, 3.63) is 28.3 Å². The largest absolute Gasteiger partial charge is 0.497 e. The Hall–Kier alpha value is -1.82. The van der Waals surface area contributed by atoms with E-state index in [4.69, 9.17) is 26.2 Å². The van der Waals surface area contributed by atoms with Crippen molar-refractivity contribution in [2.24, 2.45) is 0 Å².